The van der Waals surface area contributed by atoms with Crippen LogP contribution in [0.3, 0.4) is 0 Å². The second-order valence-electron chi connectivity index (χ2n) is 9.69. The van der Waals surface area contributed by atoms with Crippen molar-refractivity contribution in [1.29, 1.82) is 0 Å². The summed E-state index contributed by atoms with van der Waals surface area (Å²) in [6.45, 7) is 0.422. The van der Waals surface area contributed by atoms with Crippen LogP contribution in [0.15, 0.2) is 84.9 Å². The van der Waals surface area contributed by atoms with Gasteiger partial charge in [0.2, 0.25) is 17.7 Å². The first-order valence-electron chi connectivity index (χ1n) is 12.9. The Balaban J connectivity index is 1.53. The summed E-state index contributed by atoms with van der Waals surface area (Å²) < 4.78 is 0. The summed E-state index contributed by atoms with van der Waals surface area (Å²) >= 11 is 0. The van der Waals surface area contributed by atoms with Crippen LogP contribution in [0.5, 0.6) is 0 Å². The zero-order chi connectivity index (χ0) is 26.5. The number of benzene rings is 3. The molecule has 4 amide bonds. The van der Waals surface area contributed by atoms with E-state index in [9.17, 15) is 19.2 Å². The first kappa shape index (κ1) is 25.2. The van der Waals surface area contributed by atoms with E-state index < -0.39 is 29.9 Å². The lowest BCUT2D eigenvalue weighted by molar-refractivity contribution is -0.132. The highest BCUT2D eigenvalue weighted by Crippen LogP contribution is 2.25. The molecule has 0 saturated carbocycles. The SMILES string of the molecule is O=C1Nc2ccccc2C(=O)N2CCC[C@H]2C(=O)N[C@@H](Cc2ccccc2)C(=O)N[C@H]1Cc1ccccc1. The minimum atomic E-state index is -0.927. The van der Waals surface area contributed by atoms with Gasteiger partial charge in [-0.05, 0) is 36.1 Å². The Morgan fingerprint density at radius 1 is 0.658 bits per heavy atom. The molecule has 8 nitrogen and oxygen atoms in total. The molecule has 3 aromatic carbocycles. The van der Waals surface area contributed by atoms with Crippen molar-refractivity contribution in [2.24, 2.45) is 0 Å². The van der Waals surface area contributed by atoms with Gasteiger partial charge in [0.25, 0.3) is 5.91 Å². The Labute approximate surface area is 221 Å². The van der Waals surface area contributed by atoms with Crippen LogP contribution in [0, 0.1) is 0 Å². The van der Waals surface area contributed by atoms with Crippen LogP contribution >= 0.6 is 0 Å². The summed E-state index contributed by atoms with van der Waals surface area (Å²) in [7, 11) is 0. The average Bonchev–Trinajstić information content (AvgIpc) is 3.43. The van der Waals surface area contributed by atoms with E-state index in [-0.39, 0.29) is 24.7 Å². The fraction of sp³-hybridized carbons (Fsp3) is 0.267. The molecule has 0 spiro atoms. The Morgan fingerprint density at radius 2 is 1.21 bits per heavy atom. The number of anilines is 1. The molecule has 0 unspecified atom stereocenters. The van der Waals surface area contributed by atoms with E-state index in [2.05, 4.69) is 16.0 Å². The molecule has 8 heteroatoms. The van der Waals surface area contributed by atoms with Gasteiger partial charge in [-0.25, -0.2) is 0 Å². The van der Waals surface area contributed by atoms with Crippen LogP contribution in [0.25, 0.3) is 0 Å². The number of nitrogens with one attached hydrogen (secondary N) is 3. The highest BCUT2D eigenvalue weighted by Gasteiger charge is 2.38. The highest BCUT2D eigenvalue weighted by atomic mass is 16.2. The molecule has 2 aliphatic rings. The number of nitrogens with zero attached hydrogens (tertiary/aromatic N) is 1. The van der Waals surface area contributed by atoms with E-state index >= 15 is 0 Å². The predicted molar refractivity (Wildman–Crippen MR) is 143 cm³/mol. The van der Waals surface area contributed by atoms with Gasteiger partial charge in [-0.1, -0.05) is 72.8 Å². The van der Waals surface area contributed by atoms with Crippen LogP contribution in [-0.4, -0.2) is 53.2 Å². The molecule has 1 saturated heterocycles. The molecular weight excluding hydrogens is 480 g/mol. The molecule has 38 heavy (non-hydrogen) atoms. The Bertz CT molecular complexity index is 1330. The minimum Gasteiger partial charge on any atom is -0.342 e. The Morgan fingerprint density at radius 3 is 1.87 bits per heavy atom. The summed E-state index contributed by atoms with van der Waals surface area (Å²) in [5.41, 5.74) is 2.39. The van der Waals surface area contributed by atoms with Gasteiger partial charge >= 0.3 is 0 Å². The zero-order valence-corrected chi connectivity index (χ0v) is 20.9. The molecule has 3 aromatic rings. The third kappa shape index (κ3) is 5.59. The van der Waals surface area contributed by atoms with Gasteiger partial charge in [0.1, 0.15) is 18.1 Å². The number of rotatable bonds is 4. The summed E-state index contributed by atoms with van der Waals surface area (Å²) in [4.78, 5) is 55.8. The maximum Gasteiger partial charge on any atom is 0.256 e. The summed E-state index contributed by atoms with van der Waals surface area (Å²) in [5, 5.41) is 8.64. The highest BCUT2D eigenvalue weighted by molar-refractivity contribution is 6.07. The van der Waals surface area contributed by atoms with Crippen molar-refractivity contribution in [2.45, 2.75) is 43.8 Å². The molecule has 3 N–H and O–H groups in total. The Hall–Kier alpha value is -4.46. The van der Waals surface area contributed by atoms with Gasteiger partial charge < -0.3 is 20.9 Å². The van der Waals surface area contributed by atoms with Crippen molar-refractivity contribution < 1.29 is 19.2 Å². The van der Waals surface area contributed by atoms with Gasteiger partial charge in [-0.2, -0.15) is 0 Å². The maximum atomic E-state index is 13.6. The summed E-state index contributed by atoms with van der Waals surface area (Å²) in [5.74, 6) is -1.59. The number of hydrogen-bond acceptors (Lipinski definition) is 4. The quantitative estimate of drug-likeness (QED) is 0.502. The van der Waals surface area contributed by atoms with Crippen LogP contribution < -0.4 is 16.0 Å². The van der Waals surface area contributed by atoms with E-state index in [1.165, 1.54) is 4.90 Å². The molecule has 2 heterocycles. The maximum absolute atomic E-state index is 13.6. The number of hydrogen-bond donors (Lipinski definition) is 3. The molecule has 0 radical (unpaired) electrons. The minimum absolute atomic E-state index is 0.245. The molecule has 194 valence electrons. The molecule has 2 aliphatic heterocycles. The second kappa shape index (κ2) is 11.3. The number of fused-ring (bicyclic) bond motifs is 2. The van der Waals surface area contributed by atoms with Crippen molar-refractivity contribution in [3.05, 3.63) is 102 Å². The molecule has 3 atom stereocenters. The number of carbonyl (C=O) groups excluding carboxylic acids is 4. The number of carbonyl (C=O) groups is 4. The standard InChI is InChI=1S/C30H30N4O4/c35-27-24(18-20-10-3-1-4-11-20)32-28(36)25(19-21-12-5-2-6-13-21)33-29(37)26-16-9-17-34(26)30(38)22-14-7-8-15-23(22)31-27/h1-8,10-15,24-26H,9,16-19H2,(H,31,35)(H,32,36)(H,33,37)/t24-,25-,26-/m0/s1. The smallest absolute Gasteiger partial charge is 0.256 e. The molecule has 5 rings (SSSR count). The van der Waals surface area contributed by atoms with Gasteiger partial charge in [0, 0.05) is 19.4 Å². The fourth-order valence-electron chi connectivity index (χ4n) is 5.09. The lowest BCUT2D eigenvalue weighted by atomic mass is 10.0. The second-order valence-corrected chi connectivity index (χ2v) is 9.69. The first-order chi connectivity index (χ1) is 18.5. The van der Waals surface area contributed by atoms with Gasteiger partial charge in [0.15, 0.2) is 0 Å². The van der Waals surface area contributed by atoms with Crippen LogP contribution in [0.2, 0.25) is 0 Å². The normalized spacial score (nSPS) is 22.1. The van der Waals surface area contributed by atoms with Crippen LogP contribution in [-0.2, 0) is 27.2 Å². The van der Waals surface area contributed by atoms with E-state index in [4.69, 9.17) is 0 Å². The largest absolute Gasteiger partial charge is 0.342 e. The van der Waals surface area contributed by atoms with Crippen molar-refractivity contribution in [3.63, 3.8) is 0 Å². The van der Waals surface area contributed by atoms with E-state index in [0.29, 0.717) is 30.6 Å². The van der Waals surface area contributed by atoms with E-state index in [0.717, 1.165) is 11.1 Å². The van der Waals surface area contributed by atoms with Crippen molar-refractivity contribution in [1.82, 2.24) is 15.5 Å². The molecule has 0 bridgehead atoms. The van der Waals surface area contributed by atoms with Crippen molar-refractivity contribution in [2.75, 3.05) is 11.9 Å². The molecule has 0 aromatic heterocycles. The predicted octanol–water partition coefficient (Wildman–Crippen LogP) is 2.70. The Kier molecular flexibility index (Phi) is 7.49. The monoisotopic (exact) mass is 510 g/mol. The lowest BCUT2D eigenvalue weighted by Gasteiger charge is -2.27. The van der Waals surface area contributed by atoms with Crippen molar-refractivity contribution >= 4 is 29.3 Å². The topological polar surface area (TPSA) is 108 Å². The third-order valence-electron chi connectivity index (χ3n) is 7.06. The van der Waals surface area contributed by atoms with Crippen molar-refractivity contribution in [3.8, 4) is 0 Å². The first-order valence-corrected chi connectivity index (χ1v) is 12.9. The third-order valence-corrected chi connectivity index (χ3v) is 7.06. The van der Waals surface area contributed by atoms with Crippen LogP contribution in [0.1, 0.15) is 34.3 Å². The summed E-state index contributed by atoms with van der Waals surface area (Å²) in [6.07, 6.45) is 1.67. The van der Waals surface area contributed by atoms with E-state index in [1.54, 1.807) is 24.3 Å². The van der Waals surface area contributed by atoms with Gasteiger partial charge in [-0.3, -0.25) is 19.2 Å². The molecule has 0 aliphatic carbocycles. The lowest BCUT2D eigenvalue weighted by Crippen LogP contribution is -2.56. The number of amides is 4. The van der Waals surface area contributed by atoms with E-state index in [1.807, 2.05) is 60.7 Å². The zero-order valence-electron chi connectivity index (χ0n) is 20.9. The van der Waals surface area contributed by atoms with Gasteiger partial charge in [0.05, 0.1) is 11.3 Å². The fourth-order valence-corrected chi connectivity index (χ4v) is 5.09. The molecular formula is C30H30N4O4. The van der Waals surface area contributed by atoms with Gasteiger partial charge in [-0.15, -0.1) is 0 Å². The number of para-hydroxylation sites is 1. The summed E-state index contributed by atoms with van der Waals surface area (Å²) in [6, 6.07) is 23.0. The molecule has 1 fully saturated rings. The van der Waals surface area contributed by atoms with Crippen LogP contribution in [0.4, 0.5) is 5.69 Å². The average molecular weight is 511 g/mol.